The zero-order valence-electron chi connectivity index (χ0n) is 14.4. The summed E-state index contributed by atoms with van der Waals surface area (Å²) in [7, 11) is -2.27. The highest BCUT2D eigenvalue weighted by Crippen LogP contribution is 2.18. The number of aryl methyl sites for hydroxylation is 1. The topological polar surface area (TPSA) is 75.6 Å². The summed E-state index contributed by atoms with van der Waals surface area (Å²) < 4.78 is 45.4. The van der Waals surface area contributed by atoms with Crippen molar-refractivity contribution in [3.63, 3.8) is 0 Å². The smallest absolute Gasteiger partial charge is 0.240 e. The first-order valence-electron chi connectivity index (χ1n) is 7.74. The number of hydrogen-bond donors (Lipinski definition) is 2. The first-order chi connectivity index (χ1) is 11.6. The Balaban J connectivity index is 2.05. The zero-order chi connectivity index (χ0) is 18.7. The lowest BCUT2D eigenvalue weighted by atomic mass is 9.97. The Labute approximate surface area is 147 Å². The van der Waals surface area contributed by atoms with Crippen LogP contribution >= 0.6 is 0 Å². The van der Waals surface area contributed by atoms with Crippen molar-refractivity contribution in [2.75, 3.05) is 13.7 Å². The molecule has 0 heterocycles. The third-order valence-electron chi connectivity index (χ3n) is 3.83. The Hall–Kier alpha value is -1.96. The van der Waals surface area contributed by atoms with Gasteiger partial charge in [0.1, 0.15) is 11.6 Å². The van der Waals surface area contributed by atoms with Gasteiger partial charge in [-0.15, -0.1) is 0 Å². The molecular weight excluding hydrogens is 345 g/mol. The Morgan fingerprint density at radius 1 is 1.20 bits per heavy atom. The Bertz CT molecular complexity index is 833. The number of sulfonamides is 1. The van der Waals surface area contributed by atoms with Gasteiger partial charge in [0.2, 0.25) is 10.0 Å². The SMILES string of the molecule is COc1ccc(C[C@](C)(O)CNS(=O)(=O)c2ccc(F)c(C)c2)cc1. The predicted octanol–water partition coefficient (Wildman–Crippen LogP) is 2.41. The monoisotopic (exact) mass is 367 g/mol. The molecule has 0 aliphatic carbocycles. The molecule has 0 amide bonds. The van der Waals surface area contributed by atoms with E-state index in [4.69, 9.17) is 4.74 Å². The van der Waals surface area contributed by atoms with Crippen LogP contribution < -0.4 is 9.46 Å². The minimum Gasteiger partial charge on any atom is -0.497 e. The first-order valence-corrected chi connectivity index (χ1v) is 9.22. The molecule has 2 N–H and O–H groups in total. The number of halogens is 1. The van der Waals surface area contributed by atoms with Crippen LogP contribution in [0.1, 0.15) is 18.1 Å². The van der Waals surface area contributed by atoms with Gasteiger partial charge in [0, 0.05) is 13.0 Å². The fourth-order valence-corrected chi connectivity index (χ4v) is 3.61. The average Bonchev–Trinajstić information content (AvgIpc) is 2.56. The third kappa shape index (κ3) is 5.26. The maximum atomic E-state index is 13.3. The van der Waals surface area contributed by atoms with E-state index in [1.54, 1.807) is 26.2 Å². The van der Waals surface area contributed by atoms with Crippen LogP contribution in [0.5, 0.6) is 5.75 Å². The second-order valence-electron chi connectivity index (χ2n) is 6.26. The minimum absolute atomic E-state index is 0.0355. The second-order valence-corrected chi connectivity index (χ2v) is 8.02. The number of ether oxygens (including phenoxy) is 1. The van der Waals surface area contributed by atoms with E-state index in [0.29, 0.717) is 5.75 Å². The van der Waals surface area contributed by atoms with Gasteiger partial charge in [-0.25, -0.2) is 17.5 Å². The number of nitrogens with one attached hydrogen (secondary N) is 1. The Morgan fingerprint density at radius 3 is 2.40 bits per heavy atom. The lowest BCUT2D eigenvalue weighted by molar-refractivity contribution is 0.0657. The molecule has 0 unspecified atom stereocenters. The summed E-state index contributed by atoms with van der Waals surface area (Å²) in [4.78, 5) is -0.0355. The van der Waals surface area contributed by atoms with Gasteiger partial charge in [-0.3, -0.25) is 0 Å². The average molecular weight is 367 g/mol. The van der Waals surface area contributed by atoms with Crippen LogP contribution in [0.3, 0.4) is 0 Å². The van der Waals surface area contributed by atoms with Gasteiger partial charge in [-0.2, -0.15) is 0 Å². The molecule has 136 valence electrons. The van der Waals surface area contributed by atoms with Crippen LogP contribution in [0.4, 0.5) is 4.39 Å². The van der Waals surface area contributed by atoms with Crippen LogP contribution in [0.2, 0.25) is 0 Å². The number of rotatable bonds is 7. The first kappa shape index (κ1) is 19.4. The minimum atomic E-state index is -3.83. The zero-order valence-corrected chi connectivity index (χ0v) is 15.2. The molecule has 0 fully saturated rings. The summed E-state index contributed by atoms with van der Waals surface area (Å²) in [5.41, 5.74) is -0.188. The number of aliphatic hydroxyl groups is 1. The molecule has 0 aliphatic rings. The van der Waals surface area contributed by atoms with Crippen molar-refractivity contribution in [1.82, 2.24) is 4.72 Å². The molecule has 0 bridgehead atoms. The molecular formula is C18H22FNO4S. The van der Waals surface area contributed by atoms with Crippen molar-refractivity contribution in [3.8, 4) is 5.75 Å². The van der Waals surface area contributed by atoms with Crippen molar-refractivity contribution in [1.29, 1.82) is 0 Å². The second kappa shape index (κ2) is 7.51. The van der Waals surface area contributed by atoms with Crippen molar-refractivity contribution >= 4 is 10.0 Å². The molecule has 7 heteroatoms. The van der Waals surface area contributed by atoms with Gasteiger partial charge in [-0.1, -0.05) is 12.1 Å². The van der Waals surface area contributed by atoms with Crippen molar-refractivity contribution in [3.05, 3.63) is 59.4 Å². The highest BCUT2D eigenvalue weighted by atomic mass is 32.2. The van der Waals surface area contributed by atoms with Crippen LogP contribution in [-0.2, 0) is 16.4 Å². The summed E-state index contributed by atoms with van der Waals surface area (Å²) in [5.74, 6) is 0.237. The Kier molecular flexibility index (Phi) is 5.82. The number of hydrogen-bond acceptors (Lipinski definition) is 4. The molecule has 0 radical (unpaired) electrons. The Morgan fingerprint density at radius 2 is 1.84 bits per heavy atom. The van der Waals surface area contributed by atoms with Gasteiger partial charge in [0.15, 0.2) is 0 Å². The fraction of sp³-hybridized carbons (Fsp3) is 0.333. The lowest BCUT2D eigenvalue weighted by Gasteiger charge is -2.24. The number of benzene rings is 2. The summed E-state index contributed by atoms with van der Waals surface area (Å²) in [6, 6.07) is 10.7. The van der Waals surface area contributed by atoms with Gasteiger partial charge < -0.3 is 9.84 Å². The molecule has 5 nitrogen and oxygen atoms in total. The molecule has 2 rings (SSSR count). The van der Waals surface area contributed by atoms with Crippen LogP contribution in [0, 0.1) is 12.7 Å². The quantitative estimate of drug-likeness (QED) is 0.788. The van der Waals surface area contributed by atoms with Crippen LogP contribution in [0.15, 0.2) is 47.4 Å². The largest absolute Gasteiger partial charge is 0.497 e. The maximum absolute atomic E-state index is 13.3. The molecule has 2 aromatic rings. The lowest BCUT2D eigenvalue weighted by Crippen LogP contribution is -2.42. The molecule has 0 aromatic heterocycles. The van der Waals surface area contributed by atoms with E-state index < -0.39 is 21.4 Å². The summed E-state index contributed by atoms with van der Waals surface area (Å²) in [5, 5.41) is 10.5. The van der Waals surface area contributed by atoms with Crippen molar-refractivity contribution in [2.24, 2.45) is 0 Å². The molecule has 0 saturated heterocycles. The predicted molar refractivity (Wildman–Crippen MR) is 93.6 cm³/mol. The van der Waals surface area contributed by atoms with Gasteiger partial charge in [-0.05, 0) is 55.3 Å². The van der Waals surface area contributed by atoms with Gasteiger partial charge >= 0.3 is 0 Å². The number of methoxy groups -OCH3 is 1. The standard InChI is InChI=1S/C18H22FNO4S/c1-13-10-16(8-9-17(13)19)25(22,23)20-12-18(2,21)11-14-4-6-15(24-3)7-5-14/h4-10,20-21H,11-12H2,1-3H3/t18-/m0/s1. The van der Waals surface area contributed by atoms with E-state index in [1.165, 1.54) is 19.1 Å². The highest BCUT2D eigenvalue weighted by molar-refractivity contribution is 7.89. The van der Waals surface area contributed by atoms with E-state index in [2.05, 4.69) is 4.72 Å². The normalized spacial score (nSPS) is 14.1. The van der Waals surface area contributed by atoms with E-state index in [0.717, 1.165) is 11.6 Å². The van der Waals surface area contributed by atoms with Gasteiger partial charge in [0.25, 0.3) is 0 Å². The maximum Gasteiger partial charge on any atom is 0.240 e. The summed E-state index contributed by atoms with van der Waals surface area (Å²) >= 11 is 0. The molecule has 0 aliphatic heterocycles. The van der Waals surface area contributed by atoms with E-state index in [-0.39, 0.29) is 23.4 Å². The van der Waals surface area contributed by atoms with Gasteiger partial charge in [0.05, 0.1) is 17.6 Å². The van der Waals surface area contributed by atoms with Crippen molar-refractivity contribution < 1.29 is 22.7 Å². The van der Waals surface area contributed by atoms with Crippen LogP contribution in [-0.4, -0.2) is 32.8 Å². The molecule has 0 saturated carbocycles. The summed E-state index contributed by atoms with van der Waals surface area (Å²) in [6.07, 6.45) is 0.266. The summed E-state index contributed by atoms with van der Waals surface area (Å²) in [6.45, 7) is 2.88. The van der Waals surface area contributed by atoms with Crippen molar-refractivity contribution in [2.45, 2.75) is 30.8 Å². The van der Waals surface area contributed by atoms with E-state index in [1.807, 2.05) is 12.1 Å². The molecule has 2 aromatic carbocycles. The molecule has 25 heavy (non-hydrogen) atoms. The fourth-order valence-electron chi connectivity index (χ4n) is 2.36. The van der Waals surface area contributed by atoms with Crippen LogP contribution in [0.25, 0.3) is 0 Å². The molecule has 0 spiro atoms. The third-order valence-corrected chi connectivity index (χ3v) is 5.23. The van der Waals surface area contributed by atoms with E-state index in [9.17, 15) is 17.9 Å². The van der Waals surface area contributed by atoms with E-state index >= 15 is 0 Å². The highest BCUT2D eigenvalue weighted by Gasteiger charge is 2.25. The molecule has 1 atom stereocenters.